The van der Waals surface area contributed by atoms with Gasteiger partial charge in [-0.25, -0.2) is 0 Å². The van der Waals surface area contributed by atoms with E-state index in [1.54, 1.807) is 28.8 Å². The number of rotatable bonds is 11. The molecule has 0 spiro atoms. The fraction of sp³-hybridized carbons (Fsp3) is 0.462. The van der Waals surface area contributed by atoms with E-state index in [0.717, 1.165) is 17.7 Å². The summed E-state index contributed by atoms with van der Waals surface area (Å²) in [5, 5.41) is 4.05. The summed E-state index contributed by atoms with van der Waals surface area (Å²) in [5.74, 6) is 0.802. The molecule has 0 radical (unpaired) electrons. The highest BCUT2D eigenvalue weighted by Gasteiger charge is 2.29. The number of halogens is 2. The van der Waals surface area contributed by atoms with Crippen molar-refractivity contribution in [3.63, 3.8) is 0 Å². The number of carbonyl (C=O) groups is 2. The Kier molecular flexibility index (Phi) is 11.1. The van der Waals surface area contributed by atoms with Crippen molar-refractivity contribution >= 4 is 46.8 Å². The van der Waals surface area contributed by atoms with Gasteiger partial charge in [-0.05, 0) is 56.9 Å². The lowest BCUT2D eigenvalue weighted by molar-refractivity contribution is -0.139. The van der Waals surface area contributed by atoms with E-state index in [2.05, 4.69) is 37.4 Å². The number of hydrogen-bond donors (Lipinski definition) is 1. The maximum Gasteiger partial charge on any atom is 0.243 e. The molecule has 0 aliphatic carbocycles. The minimum atomic E-state index is -0.569. The van der Waals surface area contributed by atoms with E-state index in [9.17, 15) is 9.59 Å². The highest BCUT2D eigenvalue weighted by atomic mass is 35.5. The standard InChI is InChI=1S/C26H34Cl2N2O2S/c1-6-19(5)29-26(32)24(7-2)30(14-21-8-9-22(27)13-23(21)28)25(31)16-33-15-20-11-17(3)10-18(4)12-20/h8-13,19,24H,6-7,14-16H2,1-5H3,(H,29,32). The van der Waals surface area contributed by atoms with E-state index in [1.165, 1.54) is 16.7 Å². The Bertz CT molecular complexity index is 947. The van der Waals surface area contributed by atoms with Crippen LogP contribution in [0.3, 0.4) is 0 Å². The maximum absolute atomic E-state index is 13.4. The zero-order chi connectivity index (χ0) is 24.5. The number of carbonyl (C=O) groups excluding carboxylic acids is 2. The van der Waals surface area contributed by atoms with Crippen LogP contribution < -0.4 is 5.32 Å². The normalized spacial score (nSPS) is 12.8. The second-order valence-electron chi connectivity index (χ2n) is 8.49. The van der Waals surface area contributed by atoms with Crippen LogP contribution in [0, 0.1) is 13.8 Å². The monoisotopic (exact) mass is 508 g/mol. The second kappa shape index (κ2) is 13.3. The molecule has 0 aliphatic heterocycles. The molecule has 2 atom stereocenters. The molecule has 7 heteroatoms. The first kappa shape index (κ1) is 27.6. The third kappa shape index (κ3) is 8.55. The van der Waals surface area contributed by atoms with Gasteiger partial charge in [0.15, 0.2) is 0 Å². The third-order valence-corrected chi connectivity index (χ3v) is 7.09. The molecule has 0 bridgehead atoms. The van der Waals surface area contributed by atoms with Crippen LogP contribution in [-0.4, -0.2) is 34.6 Å². The number of benzene rings is 2. The van der Waals surface area contributed by atoms with Crippen LogP contribution >= 0.6 is 35.0 Å². The summed E-state index contributed by atoms with van der Waals surface area (Å²) in [4.78, 5) is 28.0. The molecule has 2 aromatic rings. The Morgan fingerprint density at radius 3 is 2.27 bits per heavy atom. The average molecular weight is 510 g/mol. The summed E-state index contributed by atoms with van der Waals surface area (Å²) in [6.07, 6.45) is 1.34. The maximum atomic E-state index is 13.4. The Labute approximate surface area is 212 Å². The van der Waals surface area contributed by atoms with Gasteiger partial charge in [0.1, 0.15) is 6.04 Å². The summed E-state index contributed by atoms with van der Waals surface area (Å²) in [7, 11) is 0. The van der Waals surface area contributed by atoms with Crippen LogP contribution in [0.15, 0.2) is 36.4 Å². The SMILES string of the molecule is CCC(C)NC(=O)C(CC)N(Cc1ccc(Cl)cc1Cl)C(=O)CSCc1cc(C)cc(C)c1. The Morgan fingerprint density at radius 1 is 1.03 bits per heavy atom. The summed E-state index contributed by atoms with van der Waals surface area (Å²) >= 11 is 14.0. The first-order chi connectivity index (χ1) is 15.6. The van der Waals surface area contributed by atoms with Crippen LogP contribution in [0.1, 0.15) is 55.9 Å². The third-order valence-electron chi connectivity index (χ3n) is 5.52. The average Bonchev–Trinajstić information content (AvgIpc) is 2.74. The van der Waals surface area contributed by atoms with Crippen molar-refractivity contribution in [1.82, 2.24) is 10.2 Å². The van der Waals surface area contributed by atoms with Gasteiger partial charge in [0.2, 0.25) is 11.8 Å². The minimum absolute atomic E-state index is 0.0431. The molecule has 180 valence electrons. The number of amides is 2. The topological polar surface area (TPSA) is 49.4 Å². The Hall–Kier alpha value is -1.69. The van der Waals surface area contributed by atoms with Crippen molar-refractivity contribution in [2.24, 2.45) is 0 Å². The van der Waals surface area contributed by atoms with Gasteiger partial charge in [-0.15, -0.1) is 11.8 Å². The van der Waals surface area contributed by atoms with Crippen LogP contribution in [0.5, 0.6) is 0 Å². The van der Waals surface area contributed by atoms with Gasteiger partial charge >= 0.3 is 0 Å². The predicted molar refractivity (Wildman–Crippen MR) is 141 cm³/mol. The zero-order valence-corrected chi connectivity index (χ0v) is 22.4. The largest absolute Gasteiger partial charge is 0.352 e. The van der Waals surface area contributed by atoms with Crippen LogP contribution in [0.4, 0.5) is 0 Å². The first-order valence-electron chi connectivity index (χ1n) is 11.3. The molecule has 2 unspecified atom stereocenters. The second-order valence-corrected chi connectivity index (χ2v) is 10.3. The predicted octanol–water partition coefficient (Wildman–Crippen LogP) is 6.57. The molecular formula is C26H34Cl2N2O2S. The van der Waals surface area contributed by atoms with Crippen molar-refractivity contribution < 1.29 is 9.59 Å². The lowest BCUT2D eigenvalue weighted by Gasteiger charge is -2.31. The van der Waals surface area contributed by atoms with Crippen molar-refractivity contribution in [2.45, 2.75) is 71.8 Å². The fourth-order valence-electron chi connectivity index (χ4n) is 3.69. The number of nitrogens with zero attached hydrogens (tertiary/aromatic N) is 1. The molecule has 0 saturated carbocycles. The molecule has 2 rings (SSSR count). The van der Waals surface area contributed by atoms with Crippen molar-refractivity contribution in [1.29, 1.82) is 0 Å². The number of hydrogen-bond acceptors (Lipinski definition) is 3. The molecule has 0 aromatic heterocycles. The summed E-state index contributed by atoms with van der Waals surface area (Å²) in [6, 6.07) is 11.1. The van der Waals surface area contributed by atoms with Gasteiger partial charge in [0, 0.05) is 28.4 Å². The first-order valence-corrected chi connectivity index (χ1v) is 13.2. The van der Waals surface area contributed by atoms with E-state index >= 15 is 0 Å². The van der Waals surface area contributed by atoms with Gasteiger partial charge in [-0.2, -0.15) is 0 Å². The van der Waals surface area contributed by atoms with Gasteiger partial charge in [-0.3, -0.25) is 9.59 Å². The number of aryl methyl sites for hydroxylation is 2. The van der Waals surface area contributed by atoms with Gasteiger partial charge < -0.3 is 10.2 Å². The molecule has 0 fully saturated rings. The molecule has 0 heterocycles. The summed E-state index contributed by atoms with van der Waals surface area (Å²) in [6.45, 7) is 10.3. The van der Waals surface area contributed by atoms with Crippen LogP contribution in [0.2, 0.25) is 10.0 Å². The molecule has 2 amide bonds. The van der Waals surface area contributed by atoms with Gasteiger partial charge in [-0.1, -0.05) is 72.4 Å². The van der Waals surface area contributed by atoms with Crippen molar-refractivity contribution in [2.75, 3.05) is 5.75 Å². The molecule has 2 aromatic carbocycles. The van der Waals surface area contributed by atoms with E-state index in [0.29, 0.717) is 16.5 Å². The molecule has 4 nitrogen and oxygen atoms in total. The molecule has 0 aliphatic rings. The quantitative estimate of drug-likeness (QED) is 0.373. The minimum Gasteiger partial charge on any atom is -0.352 e. The van der Waals surface area contributed by atoms with Crippen LogP contribution in [0.25, 0.3) is 0 Å². The Balaban J connectivity index is 2.20. The highest BCUT2D eigenvalue weighted by Crippen LogP contribution is 2.25. The van der Waals surface area contributed by atoms with E-state index in [4.69, 9.17) is 23.2 Å². The molecule has 0 saturated heterocycles. The van der Waals surface area contributed by atoms with Crippen molar-refractivity contribution in [3.05, 3.63) is 68.7 Å². The molecule has 1 N–H and O–H groups in total. The van der Waals surface area contributed by atoms with E-state index in [1.807, 2.05) is 26.8 Å². The van der Waals surface area contributed by atoms with Crippen molar-refractivity contribution in [3.8, 4) is 0 Å². The highest BCUT2D eigenvalue weighted by molar-refractivity contribution is 7.99. The molecular weight excluding hydrogens is 475 g/mol. The zero-order valence-electron chi connectivity index (χ0n) is 20.1. The smallest absolute Gasteiger partial charge is 0.243 e. The Morgan fingerprint density at radius 2 is 1.70 bits per heavy atom. The van der Waals surface area contributed by atoms with Gasteiger partial charge in [0.05, 0.1) is 5.75 Å². The van der Waals surface area contributed by atoms with E-state index < -0.39 is 6.04 Å². The van der Waals surface area contributed by atoms with Crippen LogP contribution in [-0.2, 0) is 21.9 Å². The molecule has 33 heavy (non-hydrogen) atoms. The van der Waals surface area contributed by atoms with Gasteiger partial charge in [0.25, 0.3) is 0 Å². The van der Waals surface area contributed by atoms with E-state index in [-0.39, 0.29) is 30.2 Å². The lowest BCUT2D eigenvalue weighted by atomic mass is 10.1. The lowest BCUT2D eigenvalue weighted by Crippen LogP contribution is -2.51. The summed E-state index contributed by atoms with van der Waals surface area (Å²) in [5.41, 5.74) is 4.38. The fourth-order valence-corrected chi connectivity index (χ4v) is 5.00. The number of nitrogens with one attached hydrogen (secondary N) is 1. The summed E-state index contributed by atoms with van der Waals surface area (Å²) < 4.78 is 0. The number of thioether (sulfide) groups is 1.